The molecule has 7 nitrogen and oxygen atoms in total. The summed E-state index contributed by atoms with van der Waals surface area (Å²) in [5.41, 5.74) is 0. The van der Waals surface area contributed by atoms with Gasteiger partial charge in [0.15, 0.2) is 0 Å². The van der Waals surface area contributed by atoms with Crippen LogP contribution in [0.15, 0.2) is 29.2 Å². The van der Waals surface area contributed by atoms with Crippen LogP contribution in [0.2, 0.25) is 0 Å². The van der Waals surface area contributed by atoms with Gasteiger partial charge in [-0.2, -0.15) is 4.31 Å². The molecule has 1 aromatic rings. The molecule has 22 heavy (non-hydrogen) atoms. The summed E-state index contributed by atoms with van der Waals surface area (Å²) in [6, 6.07) is 4.80. The summed E-state index contributed by atoms with van der Waals surface area (Å²) in [5, 5.41) is 12.0. The highest BCUT2D eigenvalue weighted by atomic mass is 32.2. The van der Waals surface area contributed by atoms with E-state index in [9.17, 15) is 13.2 Å². The van der Waals surface area contributed by atoms with Gasteiger partial charge in [0.25, 0.3) is 0 Å². The predicted molar refractivity (Wildman–Crippen MR) is 82.5 cm³/mol. The molecule has 0 saturated carbocycles. The Morgan fingerprint density at radius 2 is 1.91 bits per heavy atom. The Balaban J connectivity index is 0.00000116. The number of aliphatic carboxylic acids is 1. The van der Waals surface area contributed by atoms with Crippen molar-refractivity contribution in [2.75, 3.05) is 26.7 Å². The van der Waals surface area contributed by atoms with Gasteiger partial charge in [0.2, 0.25) is 10.0 Å². The third kappa shape index (κ3) is 3.96. The van der Waals surface area contributed by atoms with Gasteiger partial charge in [-0.15, -0.1) is 0 Å². The van der Waals surface area contributed by atoms with Gasteiger partial charge < -0.3 is 15.2 Å². The van der Waals surface area contributed by atoms with Crippen LogP contribution in [-0.2, 0) is 14.8 Å². The normalized spacial score (nSPS) is 19.0. The minimum Gasteiger partial charge on any atom is -0.497 e. The highest BCUT2D eigenvalue weighted by Gasteiger charge is 2.37. The quantitative estimate of drug-likeness (QED) is 0.846. The molecule has 1 aromatic carbocycles. The van der Waals surface area contributed by atoms with Crippen LogP contribution in [0.25, 0.3) is 0 Å². The molecule has 0 bridgehead atoms. The van der Waals surface area contributed by atoms with Crippen LogP contribution in [0, 0.1) is 0 Å². The summed E-state index contributed by atoms with van der Waals surface area (Å²) in [5.74, 6) is -0.617. The molecule has 1 fully saturated rings. The molecule has 1 heterocycles. The molecule has 0 aliphatic carbocycles. The Hall–Kier alpha value is -1.64. The van der Waals surface area contributed by atoms with Crippen molar-refractivity contribution >= 4 is 16.0 Å². The fourth-order valence-electron chi connectivity index (χ4n) is 2.07. The van der Waals surface area contributed by atoms with Gasteiger partial charge >= 0.3 is 5.97 Å². The van der Waals surface area contributed by atoms with E-state index >= 15 is 0 Å². The molecule has 1 atom stereocenters. The van der Waals surface area contributed by atoms with Crippen molar-refractivity contribution < 1.29 is 23.1 Å². The molecular weight excluding hydrogens is 308 g/mol. The average molecular weight is 330 g/mol. The van der Waals surface area contributed by atoms with Crippen molar-refractivity contribution in [3.8, 4) is 5.75 Å². The number of carboxylic acids is 1. The predicted octanol–water partition coefficient (Wildman–Crippen LogP) is 0.769. The van der Waals surface area contributed by atoms with Crippen molar-refractivity contribution in [1.82, 2.24) is 9.62 Å². The van der Waals surface area contributed by atoms with Gasteiger partial charge in [-0.05, 0) is 24.3 Å². The first kappa shape index (κ1) is 18.4. The molecule has 1 aliphatic heterocycles. The van der Waals surface area contributed by atoms with Crippen LogP contribution in [0.4, 0.5) is 0 Å². The maximum atomic E-state index is 12.5. The van der Waals surface area contributed by atoms with Crippen molar-refractivity contribution in [1.29, 1.82) is 0 Å². The standard InChI is InChI=1S/C12H16N2O5S.C2H6/c1-19-9-2-4-10(5-3-9)20(17,18)14-7-6-13-8-11(14)12(15)16;1-2/h2-5,11,13H,6-8H2,1H3,(H,15,16);1-2H3. The third-order valence-corrected chi connectivity index (χ3v) is 5.07. The summed E-state index contributed by atoms with van der Waals surface area (Å²) >= 11 is 0. The molecule has 1 saturated heterocycles. The van der Waals surface area contributed by atoms with E-state index in [2.05, 4.69) is 5.32 Å². The van der Waals surface area contributed by atoms with Crippen LogP contribution in [0.1, 0.15) is 13.8 Å². The number of ether oxygens (including phenoxy) is 1. The van der Waals surface area contributed by atoms with Crippen LogP contribution < -0.4 is 10.1 Å². The average Bonchev–Trinajstić information content (AvgIpc) is 2.56. The van der Waals surface area contributed by atoms with E-state index in [4.69, 9.17) is 9.84 Å². The number of benzene rings is 1. The summed E-state index contributed by atoms with van der Waals surface area (Å²) in [7, 11) is -2.34. The molecule has 124 valence electrons. The van der Waals surface area contributed by atoms with Crippen molar-refractivity contribution in [3.63, 3.8) is 0 Å². The number of hydrogen-bond donors (Lipinski definition) is 2. The minimum absolute atomic E-state index is 0.0615. The zero-order valence-corrected chi connectivity index (χ0v) is 13.8. The highest BCUT2D eigenvalue weighted by Crippen LogP contribution is 2.22. The van der Waals surface area contributed by atoms with E-state index in [0.717, 1.165) is 4.31 Å². The summed E-state index contributed by atoms with van der Waals surface area (Å²) < 4.78 is 31.0. The van der Waals surface area contributed by atoms with E-state index in [1.165, 1.54) is 31.4 Å². The highest BCUT2D eigenvalue weighted by molar-refractivity contribution is 7.89. The first-order valence-corrected chi connectivity index (χ1v) is 8.50. The Morgan fingerprint density at radius 1 is 1.32 bits per heavy atom. The summed E-state index contributed by atoms with van der Waals surface area (Å²) in [6.45, 7) is 4.66. The molecule has 0 amide bonds. The zero-order chi connectivity index (χ0) is 16.8. The Labute approximate surface area is 130 Å². The van der Waals surface area contributed by atoms with Crippen LogP contribution in [-0.4, -0.2) is 56.6 Å². The molecule has 1 unspecified atom stereocenters. The lowest BCUT2D eigenvalue weighted by Gasteiger charge is -2.32. The molecular formula is C14H22N2O5S. The van der Waals surface area contributed by atoms with Gasteiger partial charge in [-0.3, -0.25) is 4.79 Å². The van der Waals surface area contributed by atoms with Gasteiger partial charge in [-0.1, -0.05) is 13.8 Å². The number of carbonyl (C=O) groups is 1. The monoisotopic (exact) mass is 330 g/mol. The Morgan fingerprint density at radius 3 is 2.41 bits per heavy atom. The topological polar surface area (TPSA) is 95.9 Å². The lowest BCUT2D eigenvalue weighted by molar-refractivity contribution is -0.141. The van der Waals surface area contributed by atoms with Crippen LogP contribution in [0.5, 0.6) is 5.75 Å². The Bertz CT molecular complexity index is 586. The van der Waals surface area contributed by atoms with Crippen molar-refractivity contribution in [2.45, 2.75) is 24.8 Å². The number of sulfonamides is 1. The number of piperazine rings is 1. The number of methoxy groups -OCH3 is 1. The fourth-order valence-corrected chi connectivity index (χ4v) is 3.65. The largest absolute Gasteiger partial charge is 0.497 e. The van der Waals surface area contributed by atoms with Crippen LogP contribution >= 0.6 is 0 Å². The fraction of sp³-hybridized carbons (Fsp3) is 0.500. The second-order valence-corrected chi connectivity index (χ2v) is 6.24. The zero-order valence-electron chi connectivity index (χ0n) is 12.9. The molecule has 2 rings (SSSR count). The third-order valence-electron chi connectivity index (χ3n) is 3.15. The van der Waals surface area contributed by atoms with E-state index in [-0.39, 0.29) is 18.0 Å². The molecule has 0 radical (unpaired) electrons. The first-order chi connectivity index (χ1) is 10.5. The van der Waals surface area contributed by atoms with Gasteiger partial charge in [0.1, 0.15) is 11.8 Å². The lowest BCUT2D eigenvalue weighted by atomic mass is 10.2. The minimum atomic E-state index is -3.82. The molecule has 2 N–H and O–H groups in total. The number of rotatable bonds is 4. The van der Waals surface area contributed by atoms with Crippen LogP contribution in [0.3, 0.4) is 0 Å². The number of nitrogens with one attached hydrogen (secondary N) is 1. The van der Waals surface area contributed by atoms with Gasteiger partial charge in [0, 0.05) is 19.6 Å². The van der Waals surface area contributed by atoms with E-state index < -0.39 is 22.0 Å². The van der Waals surface area contributed by atoms with E-state index in [1.807, 2.05) is 13.8 Å². The SMILES string of the molecule is CC.COc1ccc(S(=O)(=O)N2CCNCC2C(=O)O)cc1. The summed E-state index contributed by atoms with van der Waals surface area (Å²) in [6.07, 6.45) is 0. The lowest BCUT2D eigenvalue weighted by Crippen LogP contribution is -2.56. The molecule has 1 aliphatic rings. The smallest absolute Gasteiger partial charge is 0.323 e. The molecule has 0 spiro atoms. The second-order valence-electron chi connectivity index (χ2n) is 4.35. The van der Waals surface area contributed by atoms with E-state index in [1.54, 1.807) is 0 Å². The van der Waals surface area contributed by atoms with Gasteiger partial charge in [-0.25, -0.2) is 8.42 Å². The number of carboxylic acid groups (broad SMARTS) is 1. The Kier molecular flexibility index (Phi) is 6.79. The first-order valence-electron chi connectivity index (χ1n) is 7.06. The molecule has 8 heteroatoms. The summed E-state index contributed by atoms with van der Waals surface area (Å²) in [4.78, 5) is 11.2. The number of hydrogen-bond acceptors (Lipinski definition) is 5. The van der Waals surface area contributed by atoms with Gasteiger partial charge in [0.05, 0.1) is 12.0 Å². The maximum Gasteiger partial charge on any atom is 0.323 e. The second kappa shape index (κ2) is 8.11. The van der Waals surface area contributed by atoms with Crippen molar-refractivity contribution in [3.05, 3.63) is 24.3 Å². The van der Waals surface area contributed by atoms with E-state index in [0.29, 0.717) is 12.3 Å². The number of nitrogens with zero attached hydrogens (tertiary/aromatic N) is 1. The maximum absolute atomic E-state index is 12.5. The molecule has 0 aromatic heterocycles. The van der Waals surface area contributed by atoms with Crippen molar-refractivity contribution in [2.24, 2.45) is 0 Å².